The van der Waals surface area contributed by atoms with Gasteiger partial charge in [-0.1, -0.05) is 66.2 Å². The zero-order valence-corrected chi connectivity index (χ0v) is 20.6. The van der Waals surface area contributed by atoms with Crippen LogP contribution in [0.15, 0.2) is 53.0 Å². The third-order valence-corrected chi connectivity index (χ3v) is 6.36. The smallest absolute Gasteiger partial charge is 0.242 e. The first-order valence-corrected chi connectivity index (χ1v) is 12.2. The predicted octanol–water partition coefficient (Wildman–Crippen LogP) is 5.18. The van der Waals surface area contributed by atoms with E-state index >= 15 is 0 Å². The van der Waals surface area contributed by atoms with E-state index in [0.29, 0.717) is 24.8 Å². The molecule has 1 N–H and O–H groups in total. The van der Waals surface area contributed by atoms with E-state index in [-0.39, 0.29) is 11.8 Å². The maximum atomic E-state index is 13.1. The summed E-state index contributed by atoms with van der Waals surface area (Å²) >= 11 is 5.03. The van der Waals surface area contributed by atoms with Crippen LogP contribution < -0.4 is 5.32 Å². The molecule has 0 fully saturated rings. The molecule has 0 bridgehead atoms. The van der Waals surface area contributed by atoms with E-state index in [4.69, 9.17) is 0 Å². The lowest BCUT2D eigenvalue weighted by molar-refractivity contribution is -0.138. The van der Waals surface area contributed by atoms with Crippen molar-refractivity contribution in [3.05, 3.63) is 69.7 Å². The summed E-state index contributed by atoms with van der Waals surface area (Å²) in [6.45, 7) is 9.01. The molecule has 162 valence electrons. The van der Waals surface area contributed by atoms with Crippen molar-refractivity contribution in [2.75, 3.05) is 12.3 Å². The number of hydrogen-bond donors (Lipinski definition) is 1. The second kappa shape index (κ2) is 12.2. The van der Waals surface area contributed by atoms with Crippen LogP contribution in [0.1, 0.15) is 37.5 Å². The first-order valence-electron chi connectivity index (χ1n) is 10.2. The Kier molecular flexibility index (Phi) is 9.92. The van der Waals surface area contributed by atoms with Gasteiger partial charge in [-0.2, -0.15) is 0 Å². The van der Waals surface area contributed by atoms with Gasteiger partial charge in [0.05, 0.1) is 5.75 Å². The molecule has 0 saturated carbocycles. The summed E-state index contributed by atoms with van der Waals surface area (Å²) in [5, 5.41) is 2.95. The van der Waals surface area contributed by atoms with Crippen LogP contribution in [-0.4, -0.2) is 35.1 Å². The average molecular weight is 491 g/mol. The standard InChI is InChI=1S/C24H31BrN2O2S/c1-17(2)13-26-24(29)19(4)27(14-20-9-11-22(25)12-10-20)23(28)16-30-15-21-8-6-5-7-18(21)3/h5-12,17,19H,13-16H2,1-4H3,(H,26,29). The lowest BCUT2D eigenvalue weighted by atomic mass is 10.1. The van der Waals surface area contributed by atoms with Gasteiger partial charge in [0.15, 0.2) is 0 Å². The molecule has 0 aliphatic carbocycles. The van der Waals surface area contributed by atoms with Crippen molar-refractivity contribution in [1.29, 1.82) is 0 Å². The van der Waals surface area contributed by atoms with Crippen molar-refractivity contribution < 1.29 is 9.59 Å². The van der Waals surface area contributed by atoms with Crippen LogP contribution in [-0.2, 0) is 21.9 Å². The van der Waals surface area contributed by atoms with E-state index in [1.54, 1.807) is 23.6 Å². The number of hydrogen-bond acceptors (Lipinski definition) is 3. The Morgan fingerprint density at radius 2 is 1.73 bits per heavy atom. The maximum Gasteiger partial charge on any atom is 0.242 e. The van der Waals surface area contributed by atoms with Gasteiger partial charge in [0.25, 0.3) is 0 Å². The number of carbonyl (C=O) groups excluding carboxylic acids is 2. The quantitative estimate of drug-likeness (QED) is 0.498. The SMILES string of the molecule is Cc1ccccc1CSCC(=O)N(Cc1ccc(Br)cc1)C(C)C(=O)NCC(C)C. The number of thioether (sulfide) groups is 1. The Hall–Kier alpha value is -1.79. The van der Waals surface area contributed by atoms with Crippen LogP contribution in [0.5, 0.6) is 0 Å². The zero-order chi connectivity index (χ0) is 22.1. The fourth-order valence-electron chi connectivity index (χ4n) is 2.92. The molecule has 1 unspecified atom stereocenters. The van der Waals surface area contributed by atoms with E-state index < -0.39 is 6.04 Å². The minimum absolute atomic E-state index is 0.0244. The molecule has 4 nitrogen and oxygen atoms in total. The van der Waals surface area contributed by atoms with E-state index in [1.807, 2.05) is 36.4 Å². The van der Waals surface area contributed by atoms with Crippen molar-refractivity contribution in [3.8, 4) is 0 Å². The van der Waals surface area contributed by atoms with E-state index in [9.17, 15) is 9.59 Å². The highest BCUT2D eigenvalue weighted by Gasteiger charge is 2.26. The number of rotatable bonds is 10. The fraction of sp³-hybridized carbons (Fsp3) is 0.417. The number of halogens is 1. The lowest BCUT2D eigenvalue weighted by Gasteiger charge is -2.29. The second-order valence-corrected chi connectivity index (χ2v) is 9.78. The first-order chi connectivity index (χ1) is 14.3. The summed E-state index contributed by atoms with van der Waals surface area (Å²) in [4.78, 5) is 27.4. The van der Waals surface area contributed by atoms with Gasteiger partial charge in [-0.25, -0.2) is 0 Å². The van der Waals surface area contributed by atoms with Crippen LogP contribution in [0, 0.1) is 12.8 Å². The number of nitrogens with one attached hydrogen (secondary N) is 1. The molecule has 0 aromatic heterocycles. The molecule has 6 heteroatoms. The highest BCUT2D eigenvalue weighted by atomic mass is 79.9. The maximum absolute atomic E-state index is 13.1. The second-order valence-electron chi connectivity index (χ2n) is 7.88. The molecule has 0 aliphatic heterocycles. The van der Waals surface area contributed by atoms with Crippen LogP contribution >= 0.6 is 27.7 Å². The Labute approximate surface area is 192 Å². The Balaban J connectivity index is 2.06. The minimum atomic E-state index is -0.529. The highest BCUT2D eigenvalue weighted by molar-refractivity contribution is 9.10. The van der Waals surface area contributed by atoms with Crippen LogP contribution in [0.25, 0.3) is 0 Å². The molecule has 2 aromatic rings. The van der Waals surface area contributed by atoms with Crippen molar-refractivity contribution in [3.63, 3.8) is 0 Å². The summed E-state index contributed by atoms with van der Waals surface area (Å²) < 4.78 is 0.987. The summed E-state index contributed by atoms with van der Waals surface area (Å²) in [5.41, 5.74) is 3.46. The monoisotopic (exact) mass is 490 g/mol. The molecule has 0 aliphatic rings. The number of amides is 2. The van der Waals surface area contributed by atoms with Crippen molar-refractivity contribution in [2.45, 2.75) is 46.0 Å². The highest BCUT2D eigenvalue weighted by Crippen LogP contribution is 2.19. The zero-order valence-electron chi connectivity index (χ0n) is 18.2. The van der Waals surface area contributed by atoms with Crippen molar-refractivity contribution >= 4 is 39.5 Å². The van der Waals surface area contributed by atoms with Gasteiger partial charge < -0.3 is 10.2 Å². The van der Waals surface area contributed by atoms with Crippen LogP contribution in [0.2, 0.25) is 0 Å². The summed E-state index contributed by atoms with van der Waals surface area (Å²) in [6, 6.07) is 15.5. The summed E-state index contributed by atoms with van der Waals surface area (Å²) in [5.74, 6) is 1.34. The largest absolute Gasteiger partial charge is 0.354 e. The van der Waals surface area contributed by atoms with Gasteiger partial charge >= 0.3 is 0 Å². The molecule has 1 atom stereocenters. The van der Waals surface area contributed by atoms with Crippen molar-refractivity contribution in [2.24, 2.45) is 5.92 Å². The molecule has 2 amide bonds. The molecule has 0 spiro atoms. The molecular weight excluding hydrogens is 460 g/mol. The summed E-state index contributed by atoms with van der Waals surface area (Å²) in [6.07, 6.45) is 0. The third kappa shape index (κ3) is 7.80. The molecule has 30 heavy (non-hydrogen) atoms. The Morgan fingerprint density at radius 3 is 2.37 bits per heavy atom. The average Bonchev–Trinajstić information content (AvgIpc) is 2.72. The molecule has 2 rings (SSSR count). The van der Waals surface area contributed by atoms with Crippen molar-refractivity contribution in [1.82, 2.24) is 10.2 Å². The van der Waals surface area contributed by atoms with E-state index in [2.05, 4.69) is 54.2 Å². The van der Waals surface area contributed by atoms with Gasteiger partial charge in [-0.05, 0) is 48.6 Å². The van der Waals surface area contributed by atoms with Gasteiger partial charge in [-0.3, -0.25) is 9.59 Å². The van der Waals surface area contributed by atoms with Gasteiger partial charge in [-0.15, -0.1) is 11.8 Å². The first kappa shape index (κ1) is 24.5. The van der Waals surface area contributed by atoms with E-state index in [1.165, 1.54) is 11.1 Å². The fourth-order valence-corrected chi connectivity index (χ4v) is 4.18. The lowest BCUT2D eigenvalue weighted by Crippen LogP contribution is -2.48. The van der Waals surface area contributed by atoms with Crippen LogP contribution in [0.4, 0.5) is 0 Å². The van der Waals surface area contributed by atoms with E-state index in [0.717, 1.165) is 15.8 Å². The Bertz CT molecular complexity index is 839. The van der Waals surface area contributed by atoms with Gasteiger partial charge in [0, 0.05) is 23.3 Å². The summed E-state index contributed by atoms with van der Waals surface area (Å²) in [7, 11) is 0. The molecular formula is C24H31BrN2O2S. The number of carbonyl (C=O) groups is 2. The third-order valence-electron chi connectivity index (χ3n) is 4.86. The van der Waals surface area contributed by atoms with Gasteiger partial charge in [0.2, 0.25) is 11.8 Å². The minimum Gasteiger partial charge on any atom is -0.354 e. The number of nitrogens with zero attached hydrogens (tertiary/aromatic N) is 1. The molecule has 0 radical (unpaired) electrons. The molecule has 0 heterocycles. The predicted molar refractivity (Wildman–Crippen MR) is 129 cm³/mol. The topological polar surface area (TPSA) is 49.4 Å². The molecule has 0 saturated heterocycles. The number of aryl methyl sites for hydroxylation is 1. The van der Waals surface area contributed by atoms with Crippen LogP contribution in [0.3, 0.4) is 0 Å². The number of benzene rings is 2. The van der Waals surface area contributed by atoms with Gasteiger partial charge in [0.1, 0.15) is 6.04 Å². The molecule has 2 aromatic carbocycles. The Morgan fingerprint density at radius 1 is 1.07 bits per heavy atom. The normalized spacial score (nSPS) is 11.9.